The number of nitrogens with zero attached hydrogens (tertiary/aromatic N) is 4. The van der Waals surface area contributed by atoms with E-state index >= 15 is 0 Å². The maximum absolute atomic E-state index is 12.7. The SMILES string of the molecule is Cn1ccc2ccnc(C(=O)N[C@@H]3CC(Cn4cccn4)C[C@H]3O)c21. The molecule has 1 aliphatic rings. The van der Waals surface area contributed by atoms with E-state index in [0.29, 0.717) is 18.0 Å². The molecule has 0 bridgehead atoms. The Morgan fingerprint density at radius 1 is 1.32 bits per heavy atom. The van der Waals surface area contributed by atoms with Crippen molar-refractivity contribution in [2.45, 2.75) is 31.5 Å². The van der Waals surface area contributed by atoms with Crippen molar-refractivity contribution in [2.24, 2.45) is 13.0 Å². The molecule has 25 heavy (non-hydrogen) atoms. The summed E-state index contributed by atoms with van der Waals surface area (Å²) in [7, 11) is 1.89. The molecule has 0 saturated heterocycles. The van der Waals surface area contributed by atoms with E-state index in [1.165, 1.54) is 0 Å². The topological polar surface area (TPSA) is 85.0 Å². The minimum atomic E-state index is -0.544. The monoisotopic (exact) mass is 339 g/mol. The molecule has 3 atom stereocenters. The van der Waals surface area contributed by atoms with Crippen molar-refractivity contribution in [3.63, 3.8) is 0 Å². The lowest BCUT2D eigenvalue weighted by Crippen LogP contribution is -2.40. The molecule has 3 aromatic rings. The van der Waals surface area contributed by atoms with Crippen molar-refractivity contribution < 1.29 is 9.90 Å². The average Bonchev–Trinajstić information content (AvgIpc) is 3.31. The zero-order chi connectivity index (χ0) is 17.4. The largest absolute Gasteiger partial charge is 0.391 e. The van der Waals surface area contributed by atoms with Crippen LogP contribution in [0.15, 0.2) is 43.0 Å². The van der Waals surface area contributed by atoms with Crippen LogP contribution in [0.1, 0.15) is 23.3 Å². The van der Waals surface area contributed by atoms with Crippen molar-refractivity contribution >= 4 is 16.8 Å². The number of rotatable bonds is 4. The fourth-order valence-corrected chi connectivity index (χ4v) is 3.74. The van der Waals surface area contributed by atoms with E-state index in [2.05, 4.69) is 15.4 Å². The molecule has 3 aromatic heterocycles. The standard InChI is InChI=1S/C18H21N5O2/c1-22-8-4-13-3-6-19-16(17(13)22)18(25)21-14-9-12(10-15(14)24)11-23-7-2-5-20-23/h2-8,12,14-15,24H,9-11H2,1H3,(H,21,25)/t12?,14-,15-/m1/s1. The molecule has 7 heteroatoms. The van der Waals surface area contributed by atoms with E-state index in [1.54, 1.807) is 12.4 Å². The molecular formula is C18H21N5O2. The van der Waals surface area contributed by atoms with Crippen LogP contribution < -0.4 is 5.32 Å². The second-order valence-electron chi connectivity index (χ2n) is 6.74. The van der Waals surface area contributed by atoms with Gasteiger partial charge in [-0.15, -0.1) is 0 Å². The van der Waals surface area contributed by atoms with E-state index in [4.69, 9.17) is 0 Å². The van der Waals surface area contributed by atoms with Gasteiger partial charge in [-0.05, 0) is 37.0 Å². The van der Waals surface area contributed by atoms with Gasteiger partial charge in [-0.3, -0.25) is 9.48 Å². The zero-order valence-electron chi connectivity index (χ0n) is 14.0. The van der Waals surface area contributed by atoms with Gasteiger partial charge in [0.05, 0.1) is 17.7 Å². The molecule has 1 aliphatic carbocycles. The van der Waals surface area contributed by atoms with Crippen molar-refractivity contribution in [3.8, 4) is 0 Å². The van der Waals surface area contributed by atoms with Crippen LogP contribution in [0.2, 0.25) is 0 Å². The van der Waals surface area contributed by atoms with Gasteiger partial charge in [0.15, 0.2) is 5.69 Å². The van der Waals surface area contributed by atoms with Crippen molar-refractivity contribution in [1.82, 2.24) is 24.6 Å². The van der Waals surface area contributed by atoms with E-state index in [0.717, 1.165) is 23.9 Å². The molecule has 1 unspecified atom stereocenters. The summed E-state index contributed by atoms with van der Waals surface area (Å²) in [6.07, 6.45) is 8.06. The second kappa shape index (κ2) is 6.33. The summed E-state index contributed by atoms with van der Waals surface area (Å²) >= 11 is 0. The highest BCUT2D eigenvalue weighted by atomic mass is 16.3. The Hall–Kier alpha value is -2.67. The first-order valence-corrected chi connectivity index (χ1v) is 8.48. The third-order valence-electron chi connectivity index (χ3n) is 4.95. The third-order valence-corrected chi connectivity index (χ3v) is 4.95. The van der Waals surface area contributed by atoms with Gasteiger partial charge in [0.2, 0.25) is 0 Å². The minimum Gasteiger partial charge on any atom is -0.391 e. The number of pyridine rings is 1. The Bertz CT molecular complexity index is 886. The number of carbonyl (C=O) groups is 1. The number of fused-ring (bicyclic) bond motifs is 1. The van der Waals surface area contributed by atoms with Crippen molar-refractivity contribution in [2.75, 3.05) is 0 Å². The number of carbonyl (C=O) groups excluding carboxylic acids is 1. The molecule has 0 aliphatic heterocycles. The molecule has 3 heterocycles. The van der Waals surface area contributed by atoms with Crippen LogP contribution in [-0.4, -0.2) is 42.5 Å². The molecule has 4 rings (SSSR count). The number of amides is 1. The molecule has 1 amide bonds. The fourth-order valence-electron chi connectivity index (χ4n) is 3.74. The molecular weight excluding hydrogens is 318 g/mol. The van der Waals surface area contributed by atoms with Gasteiger partial charge in [-0.25, -0.2) is 4.98 Å². The van der Waals surface area contributed by atoms with Gasteiger partial charge in [-0.2, -0.15) is 5.10 Å². The van der Waals surface area contributed by atoms with E-state index in [1.807, 2.05) is 46.9 Å². The molecule has 1 fully saturated rings. The van der Waals surface area contributed by atoms with Gasteiger partial charge >= 0.3 is 0 Å². The maximum Gasteiger partial charge on any atom is 0.272 e. The first kappa shape index (κ1) is 15.8. The average molecular weight is 339 g/mol. The number of aliphatic hydroxyl groups is 1. The Kier molecular flexibility index (Phi) is 4.01. The molecule has 2 N–H and O–H groups in total. The number of aliphatic hydroxyl groups excluding tert-OH is 1. The number of aromatic nitrogens is 4. The highest BCUT2D eigenvalue weighted by Gasteiger charge is 2.34. The molecule has 0 aromatic carbocycles. The van der Waals surface area contributed by atoms with Crippen LogP contribution in [0.25, 0.3) is 10.9 Å². The Labute approximate surface area is 145 Å². The van der Waals surface area contributed by atoms with Gasteiger partial charge < -0.3 is 15.0 Å². The lowest BCUT2D eigenvalue weighted by molar-refractivity contribution is 0.0869. The van der Waals surface area contributed by atoms with E-state index in [9.17, 15) is 9.90 Å². The van der Waals surface area contributed by atoms with E-state index in [-0.39, 0.29) is 11.9 Å². The summed E-state index contributed by atoms with van der Waals surface area (Å²) in [5.74, 6) is 0.0511. The van der Waals surface area contributed by atoms with Gasteiger partial charge in [-0.1, -0.05) is 0 Å². The number of nitrogens with one attached hydrogen (secondary N) is 1. The minimum absolute atomic E-state index is 0.240. The quantitative estimate of drug-likeness (QED) is 0.751. The van der Waals surface area contributed by atoms with E-state index < -0.39 is 6.10 Å². The molecule has 7 nitrogen and oxygen atoms in total. The summed E-state index contributed by atoms with van der Waals surface area (Å²) in [6, 6.07) is 5.47. The summed E-state index contributed by atoms with van der Waals surface area (Å²) in [6.45, 7) is 0.752. The number of hydrogen-bond acceptors (Lipinski definition) is 4. The summed E-state index contributed by atoms with van der Waals surface area (Å²) in [4.78, 5) is 17.0. The molecule has 0 radical (unpaired) electrons. The molecule has 0 spiro atoms. The van der Waals surface area contributed by atoms with Gasteiger partial charge in [0.25, 0.3) is 5.91 Å². The predicted octanol–water partition coefficient (Wildman–Crippen LogP) is 1.34. The lowest BCUT2D eigenvalue weighted by Gasteiger charge is -2.16. The highest BCUT2D eigenvalue weighted by Crippen LogP contribution is 2.28. The first-order chi connectivity index (χ1) is 12.1. The van der Waals surface area contributed by atoms with Crippen LogP contribution in [-0.2, 0) is 13.6 Å². The number of aryl methyl sites for hydroxylation is 1. The summed E-state index contributed by atoms with van der Waals surface area (Å²) in [5.41, 5.74) is 1.20. The highest BCUT2D eigenvalue weighted by molar-refractivity contribution is 6.04. The number of hydrogen-bond donors (Lipinski definition) is 2. The maximum atomic E-state index is 12.7. The van der Waals surface area contributed by atoms with Crippen molar-refractivity contribution in [1.29, 1.82) is 0 Å². The fraction of sp³-hybridized carbons (Fsp3) is 0.389. The molecule has 1 saturated carbocycles. The Morgan fingerprint density at radius 2 is 2.20 bits per heavy atom. The summed E-state index contributed by atoms with van der Waals surface area (Å²) < 4.78 is 3.76. The van der Waals surface area contributed by atoms with Crippen LogP contribution in [0.4, 0.5) is 0 Å². The zero-order valence-corrected chi connectivity index (χ0v) is 14.0. The third kappa shape index (κ3) is 3.02. The van der Waals surface area contributed by atoms with Crippen LogP contribution in [0.5, 0.6) is 0 Å². The van der Waals surface area contributed by atoms with Crippen LogP contribution in [0, 0.1) is 5.92 Å². The molecule has 130 valence electrons. The smallest absolute Gasteiger partial charge is 0.272 e. The normalized spacial score (nSPS) is 23.2. The van der Waals surface area contributed by atoms with Crippen LogP contribution in [0.3, 0.4) is 0 Å². The second-order valence-corrected chi connectivity index (χ2v) is 6.74. The Morgan fingerprint density at radius 3 is 3.00 bits per heavy atom. The van der Waals surface area contributed by atoms with Gasteiger partial charge in [0.1, 0.15) is 0 Å². The predicted molar refractivity (Wildman–Crippen MR) is 92.9 cm³/mol. The lowest BCUT2D eigenvalue weighted by atomic mass is 10.1. The van der Waals surface area contributed by atoms with Gasteiger partial charge in [0, 0.05) is 43.8 Å². The first-order valence-electron chi connectivity index (χ1n) is 8.48. The van der Waals surface area contributed by atoms with Crippen LogP contribution >= 0.6 is 0 Å². The van der Waals surface area contributed by atoms with Crippen molar-refractivity contribution in [3.05, 3.63) is 48.7 Å². The Balaban J connectivity index is 1.48. The summed E-state index contributed by atoms with van der Waals surface area (Å²) in [5, 5.41) is 18.5.